The first-order chi connectivity index (χ1) is 8.96. The number of rotatable bonds is 3. The van der Waals surface area contributed by atoms with Crippen LogP contribution in [0.1, 0.15) is 10.4 Å². The summed E-state index contributed by atoms with van der Waals surface area (Å²) in [5.41, 5.74) is -1.31. The lowest BCUT2D eigenvalue weighted by Gasteiger charge is -2.19. The minimum absolute atomic E-state index is 0.246. The normalized spacial score (nSPS) is 12.1. The van der Waals surface area contributed by atoms with Gasteiger partial charge in [-0.1, -0.05) is 15.9 Å². The Morgan fingerprint density at radius 1 is 1.15 bits per heavy atom. The molecule has 0 heterocycles. The van der Waals surface area contributed by atoms with Gasteiger partial charge in [0.05, 0.1) is 11.3 Å². The Morgan fingerprint density at radius 2 is 1.70 bits per heavy atom. The van der Waals surface area contributed by atoms with Crippen LogP contribution < -0.4 is 5.32 Å². The lowest BCUT2D eigenvalue weighted by Crippen LogP contribution is -2.47. The molecule has 0 bridgehead atoms. The van der Waals surface area contributed by atoms with Crippen LogP contribution in [0.25, 0.3) is 0 Å². The van der Waals surface area contributed by atoms with Gasteiger partial charge in [0.15, 0.2) is 0 Å². The quantitative estimate of drug-likeness (QED) is 0.812. The molecule has 0 radical (unpaired) electrons. The highest BCUT2D eigenvalue weighted by molar-refractivity contribution is 9.10. The van der Waals surface area contributed by atoms with Crippen LogP contribution in [-0.2, 0) is 4.79 Å². The van der Waals surface area contributed by atoms with Crippen molar-refractivity contribution in [2.75, 3.05) is 5.32 Å². The first kappa shape index (κ1) is 16.3. The number of carbonyl (C=O) groups is 2. The van der Waals surface area contributed by atoms with E-state index in [-0.39, 0.29) is 4.47 Å². The summed E-state index contributed by atoms with van der Waals surface area (Å²) in [6, 6.07) is 3.01. The van der Waals surface area contributed by atoms with Crippen molar-refractivity contribution in [1.82, 2.24) is 0 Å². The van der Waals surface area contributed by atoms with Crippen LogP contribution in [0.2, 0.25) is 0 Å². The average molecular weight is 362 g/mol. The molecule has 4 nitrogen and oxygen atoms in total. The van der Waals surface area contributed by atoms with E-state index in [9.17, 15) is 31.5 Å². The van der Waals surface area contributed by atoms with Gasteiger partial charge in [0.25, 0.3) is 0 Å². The minimum atomic E-state index is -6.07. The molecule has 0 aliphatic carbocycles. The number of alkyl halides is 5. The second-order valence-corrected chi connectivity index (χ2v) is 4.44. The van der Waals surface area contributed by atoms with Crippen molar-refractivity contribution in [3.05, 3.63) is 28.2 Å². The van der Waals surface area contributed by atoms with Gasteiger partial charge in [-0.05, 0) is 18.2 Å². The zero-order valence-corrected chi connectivity index (χ0v) is 10.8. The van der Waals surface area contributed by atoms with Crippen molar-refractivity contribution >= 4 is 33.5 Å². The maximum atomic E-state index is 12.7. The number of benzene rings is 1. The molecule has 0 saturated heterocycles. The molecule has 1 rings (SSSR count). The summed E-state index contributed by atoms with van der Waals surface area (Å²) in [7, 11) is 0. The summed E-state index contributed by atoms with van der Waals surface area (Å²) >= 11 is 2.90. The molecule has 1 aromatic rings. The van der Waals surface area contributed by atoms with Gasteiger partial charge in [0, 0.05) is 4.47 Å². The summed E-state index contributed by atoms with van der Waals surface area (Å²) in [6.07, 6.45) is -6.07. The van der Waals surface area contributed by atoms with E-state index in [1.165, 1.54) is 11.4 Å². The second-order valence-electron chi connectivity index (χ2n) is 3.52. The summed E-state index contributed by atoms with van der Waals surface area (Å²) in [5.74, 6) is -9.89. The number of nitrogens with one attached hydrogen (secondary N) is 1. The Labute approximate surface area is 116 Å². The molecular formula is C10H5BrF5NO3. The number of carboxylic acids is 1. The fourth-order valence-corrected chi connectivity index (χ4v) is 1.49. The molecule has 0 aliphatic rings. The zero-order valence-electron chi connectivity index (χ0n) is 9.26. The van der Waals surface area contributed by atoms with Crippen LogP contribution in [0.5, 0.6) is 0 Å². The van der Waals surface area contributed by atoms with Gasteiger partial charge in [-0.15, -0.1) is 0 Å². The first-order valence-corrected chi connectivity index (χ1v) is 5.55. The van der Waals surface area contributed by atoms with E-state index in [1.54, 1.807) is 0 Å². The van der Waals surface area contributed by atoms with Gasteiger partial charge >= 0.3 is 24.0 Å². The van der Waals surface area contributed by atoms with Crippen LogP contribution in [0.15, 0.2) is 22.7 Å². The Hall–Kier alpha value is -1.71. The van der Waals surface area contributed by atoms with Crippen LogP contribution in [0, 0.1) is 0 Å². The molecule has 0 unspecified atom stereocenters. The molecule has 1 aromatic carbocycles. The zero-order chi connectivity index (χ0) is 15.7. The highest BCUT2D eigenvalue weighted by atomic mass is 79.9. The van der Waals surface area contributed by atoms with Crippen molar-refractivity contribution in [3.63, 3.8) is 0 Å². The number of halogens is 6. The second kappa shape index (κ2) is 5.35. The molecule has 20 heavy (non-hydrogen) atoms. The Morgan fingerprint density at radius 3 is 2.15 bits per heavy atom. The van der Waals surface area contributed by atoms with Crippen molar-refractivity contribution < 1.29 is 36.6 Å². The molecule has 0 aromatic heterocycles. The van der Waals surface area contributed by atoms with Crippen LogP contribution in [-0.4, -0.2) is 29.1 Å². The van der Waals surface area contributed by atoms with Crippen molar-refractivity contribution in [3.8, 4) is 0 Å². The molecule has 10 heteroatoms. The number of aromatic carboxylic acids is 1. The van der Waals surface area contributed by atoms with E-state index >= 15 is 0 Å². The van der Waals surface area contributed by atoms with Gasteiger partial charge in [0.1, 0.15) is 0 Å². The summed E-state index contributed by atoms with van der Waals surface area (Å²) in [4.78, 5) is 21.8. The van der Waals surface area contributed by atoms with Gasteiger partial charge in [-0.2, -0.15) is 22.0 Å². The predicted molar refractivity (Wildman–Crippen MR) is 60.7 cm³/mol. The molecular weight excluding hydrogens is 357 g/mol. The average Bonchev–Trinajstić information content (AvgIpc) is 2.29. The van der Waals surface area contributed by atoms with Crippen LogP contribution in [0.3, 0.4) is 0 Å². The summed E-state index contributed by atoms with van der Waals surface area (Å²) in [5, 5.41) is 10.0. The highest BCUT2D eigenvalue weighted by Crippen LogP contribution is 2.36. The van der Waals surface area contributed by atoms with Gasteiger partial charge in [0.2, 0.25) is 0 Å². The molecule has 2 N–H and O–H groups in total. The molecule has 0 spiro atoms. The van der Waals surface area contributed by atoms with E-state index in [1.807, 2.05) is 0 Å². The maximum absolute atomic E-state index is 12.7. The number of hydrogen-bond acceptors (Lipinski definition) is 2. The number of anilines is 1. The van der Waals surface area contributed by atoms with Crippen molar-refractivity contribution in [1.29, 1.82) is 0 Å². The van der Waals surface area contributed by atoms with E-state index in [0.717, 1.165) is 12.1 Å². The molecule has 110 valence electrons. The monoisotopic (exact) mass is 361 g/mol. The number of carbonyl (C=O) groups excluding carboxylic acids is 1. The largest absolute Gasteiger partial charge is 0.478 e. The third kappa shape index (κ3) is 3.24. The SMILES string of the molecule is O=C(O)c1cc(Br)ccc1NC(=O)C(F)(F)C(F)(F)F. The van der Waals surface area contributed by atoms with Gasteiger partial charge < -0.3 is 10.4 Å². The predicted octanol–water partition coefficient (Wildman–Crippen LogP) is 3.28. The topological polar surface area (TPSA) is 66.4 Å². The number of amides is 1. The maximum Gasteiger partial charge on any atom is 0.463 e. The lowest BCUT2D eigenvalue weighted by atomic mass is 10.1. The van der Waals surface area contributed by atoms with Gasteiger partial charge in [-0.3, -0.25) is 4.79 Å². The molecule has 0 aliphatic heterocycles. The van der Waals surface area contributed by atoms with Crippen LogP contribution in [0.4, 0.5) is 27.6 Å². The Kier molecular flexibility index (Phi) is 4.37. The standard InChI is InChI=1S/C10H5BrF5NO3/c11-4-1-2-6(5(3-4)7(18)19)17-8(20)9(12,13)10(14,15)16/h1-3H,(H,17,20)(H,18,19). The molecule has 0 fully saturated rings. The first-order valence-electron chi connectivity index (χ1n) is 4.75. The van der Waals surface area contributed by atoms with E-state index in [2.05, 4.69) is 15.9 Å². The van der Waals surface area contributed by atoms with Crippen molar-refractivity contribution in [2.24, 2.45) is 0 Å². The number of carboxylic acid groups (broad SMARTS) is 1. The highest BCUT2D eigenvalue weighted by Gasteiger charge is 2.63. The molecule has 1 amide bonds. The summed E-state index contributed by atoms with van der Waals surface area (Å²) < 4.78 is 61.6. The summed E-state index contributed by atoms with van der Waals surface area (Å²) in [6.45, 7) is 0. The Bertz CT molecular complexity index is 558. The third-order valence-corrected chi connectivity index (χ3v) is 2.59. The van der Waals surface area contributed by atoms with Crippen molar-refractivity contribution in [2.45, 2.75) is 12.1 Å². The fourth-order valence-electron chi connectivity index (χ4n) is 1.13. The minimum Gasteiger partial charge on any atom is -0.478 e. The van der Waals surface area contributed by atoms with E-state index in [0.29, 0.717) is 0 Å². The van der Waals surface area contributed by atoms with E-state index in [4.69, 9.17) is 5.11 Å². The number of hydrogen-bond donors (Lipinski definition) is 2. The van der Waals surface area contributed by atoms with Crippen LogP contribution >= 0.6 is 15.9 Å². The lowest BCUT2D eigenvalue weighted by molar-refractivity contribution is -0.267. The fraction of sp³-hybridized carbons (Fsp3) is 0.200. The third-order valence-electron chi connectivity index (χ3n) is 2.10. The molecule has 0 saturated carbocycles. The molecule has 0 atom stereocenters. The Balaban J connectivity index is 3.12. The van der Waals surface area contributed by atoms with Gasteiger partial charge in [-0.25, -0.2) is 4.79 Å². The smallest absolute Gasteiger partial charge is 0.463 e. The van der Waals surface area contributed by atoms with E-state index < -0.39 is 35.2 Å².